The summed E-state index contributed by atoms with van der Waals surface area (Å²) in [5.41, 5.74) is 6.13. The number of nitrogens with zero attached hydrogens (tertiary/aromatic N) is 1. The van der Waals surface area contributed by atoms with Gasteiger partial charge in [0.1, 0.15) is 5.54 Å². The molecule has 0 saturated carbocycles. The predicted octanol–water partition coefficient (Wildman–Crippen LogP) is 1.07. The maximum absolute atomic E-state index is 12.2. The van der Waals surface area contributed by atoms with Crippen molar-refractivity contribution >= 4 is 5.91 Å². The molecule has 1 aliphatic heterocycles. The molecule has 1 aliphatic rings. The summed E-state index contributed by atoms with van der Waals surface area (Å²) < 4.78 is 0. The van der Waals surface area contributed by atoms with Gasteiger partial charge in [-0.15, -0.1) is 0 Å². The second kappa shape index (κ2) is 6.17. The molecule has 1 aromatic carbocycles. The Morgan fingerprint density at radius 1 is 1.32 bits per heavy atom. The van der Waals surface area contributed by atoms with E-state index in [4.69, 9.17) is 5.73 Å². The fourth-order valence-corrected chi connectivity index (χ4v) is 3.02. The van der Waals surface area contributed by atoms with E-state index in [1.54, 1.807) is 0 Å². The largest absolute Gasteiger partial charge is 0.368 e. The third-order valence-corrected chi connectivity index (χ3v) is 4.05. The number of carbonyl (C=O) groups excluding carboxylic acids is 1. The topological polar surface area (TPSA) is 58.4 Å². The van der Waals surface area contributed by atoms with Crippen LogP contribution in [0.5, 0.6) is 0 Å². The summed E-state index contributed by atoms with van der Waals surface area (Å²) >= 11 is 0. The van der Waals surface area contributed by atoms with Crippen LogP contribution in [0.15, 0.2) is 30.3 Å². The Bertz CT molecular complexity index is 413. The zero-order valence-electron chi connectivity index (χ0n) is 11.6. The molecule has 1 aromatic rings. The first-order valence-electron chi connectivity index (χ1n) is 7.03. The van der Waals surface area contributed by atoms with Gasteiger partial charge in [0.15, 0.2) is 0 Å². The van der Waals surface area contributed by atoms with E-state index in [9.17, 15) is 4.79 Å². The number of hydrogen-bond donors (Lipinski definition) is 2. The number of carbonyl (C=O) groups is 1. The summed E-state index contributed by atoms with van der Waals surface area (Å²) in [6, 6.07) is 9.92. The van der Waals surface area contributed by atoms with Crippen molar-refractivity contribution in [2.75, 3.05) is 26.2 Å². The molecule has 3 N–H and O–H groups in total. The Hall–Kier alpha value is -1.39. The normalized spacial score (nSPS) is 20.5. The highest BCUT2D eigenvalue weighted by Crippen LogP contribution is 2.32. The van der Waals surface area contributed by atoms with Crippen molar-refractivity contribution in [1.82, 2.24) is 10.2 Å². The molecule has 1 fully saturated rings. The first kappa shape index (κ1) is 14.0. The average molecular weight is 261 g/mol. The van der Waals surface area contributed by atoms with E-state index in [1.165, 1.54) is 0 Å². The van der Waals surface area contributed by atoms with E-state index in [2.05, 4.69) is 10.2 Å². The number of benzene rings is 1. The molecule has 1 unspecified atom stereocenters. The molecule has 4 heteroatoms. The van der Waals surface area contributed by atoms with Gasteiger partial charge < -0.3 is 11.1 Å². The highest BCUT2D eigenvalue weighted by atomic mass is 16.1. The van der Waals surface area contributed by atoms with Crippen LogP contribution in [0.3, 0.4) is 0 Å². The molecule has 2 rings (SSSR count). The average Bonchev–Trinajstić information content (AvgIpc) is 2.71. The third-order valence-electron chi connectivity index (χ3n) is 4.05. The zero-order valence-corrected chi connectivity index (χ0v) is 11.6. The van der Waals surface area contributed by atoms with Gasteiger partial charge in [-0.05, 0) is 24.9 Å². The minimum Gasteiger partial charge on any atom is -0.368 e. The van der Waals surface area contributed by atoms with Crippen LogP contribution in [0.2, 0.25) is 0 Å². The van der Waals surface area contributed by atoms with E-state index in [0.29, 0.717) is 6.42 Å². The molecule has 0 aliphatic carbocycles. The van der Waals surface area contributed by atoms with Crippen molar-refractivity contribution in [3.8, 4) is 0 Å². The molecule has 19 heavy (non-hydrogen) atoms. The first-order valence-corrected chi connectivity index (χ1v) is 7.03. The van der Waals surface area contributed by atoms with Gasteiger partial charge in [-0.1, -0.05) is 37.3 Å². The maximum atomic E-state index is 12.2. The first-order chi connectivity index (χ1) is 9.21. The second-order valence-electron chi connectivity index (χ2n) is 5.03. The van der Waals surface area contributed by atoms with Crippen molar-refractivity contribution in [2.24, 2.45) is 5.73 Å². The fourth-order valence-electron chi connectivity index (χ4n) is 3.02. The molecule has 0 bridgehead atoms. The smallest absolute Gasteiger partial charge is 0.242 e. The van der Waals surface area contributed by atoms with Crippen molar-refractivity contribution in [1.29, 1.82) is 0 Å². The van der Waals surface area contributed by atoms with E-state index < -0.39 is 5.54 Å². The minimum absolute atomic E-state index is 0.247. The number of rotatable bonds is 4. The van der Waals surface area contributed by atoms with E-state index >= 15 is 0 Å². The Labute approximate surface area is 115 Å². The summed E-state index contributed by atoms with van der Waals surface area (Å²) in [6.07, 6.45) is 1.74. The van der Waals surface area contributed by atoms with Crippen LogP contribution < -0.4 is 11.1 Å². The van der Waals surface area contributed by atoms with Crippen LogP contribution in [0.25, 0.3) is 0 Å². The SMILES string of the molecule is CCC(C(N)=O)(c1ccccc1)N1CCCNCC1. The maximum Gasteiger partial charge on any atom is 0.242 e. The molecule has 0 spiro atoms. The summed E-state index contributed by atoms with van der Waals surface area (Å²) in [7, 11) is 0. The van der Waals surface area contributed by atoms with E-state index in [0.717, 1.165) is 38.2 Å². The van der Waals surface area contributed by atoms with Gasteiger partial charge in [0.25, 0.3) is 0 Å². The number of nitrogens with one attached hydrogen (secondary N) is 1. The Kier molecular flexibility index (Phi) is 4.56. The lowest BCUT2D eigenvalue weighted by atomic mass is 9.84. The van der Waals surface area contributed by atoms with E-state index in [-0.39, 0.29) is 5.91 Å². The second-order valence-corrected chi connectivity index (χ2v) is 5.03. The van der Waals surface area contributed by atoms with Gasteiger partial charge in [-0.3, -0.25) is 9.69 Å². The molecule has 0 radical (unpaired) electrons. The van der Waals surface area contributed by atoms with Crippen molar-refractivity contribution in [3.63, 3.8) is 0 Å². The van der Waals surface area contributed by atoms with Crippen molar-refractivity contribution < 1.29 is 4.79 Å². The molecule has 1 saturated heterocycles. The molecular weight excluding hydrogens is 238 g/mol. The van der Waals surface area contributed by atoms with Gasteiger partial charge >= 0.3 is 0 Å². The van der Waals surface area contributed by atoms with Crippen LogP contribution in [-0.4, -0.2) is 37.0 Å². The predicted molar refractivity (Wildman–Crippen MR) is 76.7 cm³/mol. The van der Waals surface area contributed by atoms with E-state index in [1.807, 2.05) is 37.3 Å². The lowest BCUT2D eigenvalue weighted by Crippen LogP contribution is -2.55. The van der Waals surface area contributed by atoms with Gasteiger partial charge in [-0.25, -0.2) is 0 Å². The van der Waals surface area contributed by atoms with Crippen molar-refractivity contribution in [2.45, 2.75) is 25.3 Å². The standard InChI is InChI=1S/C15H23N3O/c1-2-15(14(16)19,13-7-4-3-5-8-13)18-11-6-9-17-10-12-18/h3-5,7-8,17H,2,6,9-12H2,1H3,(H2,16,19). The van der Waals surface area contributed by atoms with Crippen molar-refractivity contribution in [3.05, 3.63) is 35.9 Å². The highest BCUT2D eigenvalue weighted by Gasteiger charge is 2.42. The Morgan fingerprint density at radius 2 is 2.05 bits per heavy atom. The molecule has 1 heterocycles. The van der Waals surface area contributed by atoms with Gasteiger partial charge in [-0.2, -0.15) is 0 Å². The Balaban J connectivity index is 2.41. The monoisotopic (exact) mass is 261 g/mol. The third kappa shape index (κ3) is 2.65. The van der Waals surface area contributed by atoms with Crippen LogP contribution in [0.1, 0.15) is 25.3 Å². The molecule has 104 valence electrons. The quantitative estimate of drug-likeness (QED) is 0.852. The summed E-state index contributed by atoms with van der Waals surface area (Å²) in [5.74, 6) is -0.247. The van der Waals surface area contributed by atoms with Gasteiger partial charge in [0, 0.05) is 19.6 Å². The number of hydrogen-bond acceptors (Lipinski definition) is 3. The molecular formula is C15H23N3O. The fraction of sp³-hybridized carbons (Fsp3) is 0.533. The van der Waals surface area contributed by atoms with Crippen LogP contribution in [0, 0.1) is 0 Å². The molecule has 0 aromatic heterocycles. The number of primary amides is 1. The lowest BCUT2D eigenvalue weighted by molar-refractivity contribution is -0.131. The molecule has 1 amide bonds. The molecule has 1 atom stereocenters. The lowest BCUT2D eigenvalue weighted by Gasteiger charge is -2.41. The van der Waals surface area contributed by atoms with Gasteiger partial charge in [0.2, 0.25) is 5.91 Å². The van der Waals surface area contributed by atoms with Crippen LogP contribution in [-0.2, 0) is 10.3 Å². The molecule has 4 nitrogen and oxygen atoms in total. The Morgan fingerprint density at radius 3 is 2.68 bits per heavy atom. The summed E-state index contributed by atoms with van der Waals surface area (Å²) in [5, 5.41) is 3.37. The summed E-state index contributed by atoms with van der Waals surface area (Å²) in [6.45, 7) is 5.70. The number of amides is 1. The van der Waals surface area contributed by atoms with Crippen LogP contribution >= 0.6 is 0 Å². The minimum atomic E-state index is -0.673. The summed E-state index contributed by atoms with van der Waals surface area (Å²) in [4.78, 5) is 14.5. The number of nitrogens with two attached hydrogens (primary N) is 1. The highest BCUT2D eigenvalue weighted by molar-refractivity contribution is 5.86. The van der Waals surface area contributed by atoms with Crippen LogP contribution in [0.4, 0.5) is 0 Å². The zero-order chi connectivity index (χ0) is 13.7. The van der Waals surface area contributed by atoms with Gasteiger partial charge in [0.05, 0.1) is 0 Å².